The second kappa shape index (κ2) is 8.62. The van der Waals surface area contributed by atoms with E-state index >= 15 is 0 Å². The van der Waals surface area contributed by atoms with Crippen LogP contribution in [0.3, 0.4) is 0 Å². The lowest BCUT2D eigenvalue weighted by Crippen LogP contribution is -2.29. The third-order valence-electron chi connectivity index (χ3n) is 4.22. The van der Waals surface area contributed by atoms with Crippen molar-refractivity contribution >= 4 is 5.91 Å². The average molecular weight is 345 g/mol. The molecule has 134 valence electrons. The first-order chi connectivity index (χ1) is 12.2. The summed E-state index contributed by atoms with van der Waals surface area (Å²) in [5.74, 6) is 2.38. The molecule has 1 saturated heterocycles. The van der Waals surface area contributed by atoms with Gasteiger partial charge in [-0.25, -0.2) is 0 Å². The van der Waals surface area contributed by atoms with E-state index in [9.17, 15) is 4.79 Å². The van der Waals surface area contributed by atoms with Crippen LogP contribution < -0.4 is 10.1 Å². The number of benzene rings is 1. The molecule has 3 rings (SSSR count). The van der Waals surface area contributed by atoms with E-state index in [2.05, 4.69) is 15.5 Å². The molecule has 0 radical (unpaired) electrons. The summed E-state index contributed by atoms with van der Waals surface area (Å²) in [5.41, 5.74) is 0.868. The molecule has 0 aliphatic carbocycles. The molecule has 1 aromatic carbocycles. The molecule has 1 aliphatic heterocycles. The number of rotatable bonds is 8. The standard InChI is InChI=1S/C18H23N3O4/c1-23-15-7-5-14(6-8-15)18-20-17(25-21-18)4-2-3-16(22)19-11-13-9-10-24-12-13/h5-8,13H,2-4,9-12H2,1H3,(H,19,22). The maximum atomic E-state index is 11.8. The Morgan fingerprint density at radius 1 is 1.36 bits per heavy atom. The van der Waals surface area contributed by atoms with Gasteiger partial charge in [-0.3, -0.25) is 4.79 Å². The van der Waals surface area contributed by atoms with E-state index in [1.807, 2.05) is 24.3 Å². The van der Waals surface area contributed by atoms with E-state index < -0.39 is 0 Å². The van der Waals surface area contributed by atoms with Crippen LogP contribution in [-0.4, -0.2) is 42.9 Å². The minimum atomic E-state index is 0.0572. The normalized spacial score (nSPS) is 16.8. The van der Waals surface area contributed by atoms with Gasteiger partial charge in [0.2, 0.25) is 17.6 Å². The summed E-state index contributed by atoms with van der Waals surface area (Å²) in [6.07, 6.45) is 2.74. The summed E-state index contributed by atoms with van der Waals surface area (Å²) in [6, 6.07) is 7.47. The van der Waals surface area contributed by atoms with E-state index in [0.717, 1.165) is 30.9 Å². The number of carbonyl (C=O) groups excluding carboxylic acids is 1. The number of hydrogen-bond donors (Lipinski definition) is 1. The first-order valence-corrected chi connectivity index (χ1v) is 8.56. The minimum Gasteiger partial charge on any atom is -0.497 e. The van der Waals surface area contributed by atoms with Crippen LogP contribution in [0.2, 0.25) is 0 Å². The number of aryl methyl sites for hydroxylation is 1. The lowest BCUT2D eigenvalue weighted by atomic mass is 10.1. The van der Waals surface area contributed by atoms with Gasteiger partial charge in [-0.05, 0) is 37.1 Å². The molecular weight excluding hydrogens is 322 g/mol. The second-order valence-corrected chi connectivity index (χ2v) is 6.13. The Balaban J connectivity index is 1.41. The summed E-state index contributed by atoms with van der Waals surface area (Å²) >= 11 is 0. The molecule has 2 heterocycles. The highest BCUT2D eigenvalue weighted by Crippen LogP contribution is 2.20. The molecular formula is C18H23N3O4. The largest absolute Gasteiger partial charge is 0.497 e. The summed E-state index contributed by atoms with van der Waals surface area (Å²) in [4.78, 5) is 16.2. The summed E-state index contributed by atoms with van der Waals surface area (Å²) < 4.78 is 15.7. The number of ether oxygens (including phenoxy) is 2. The van der Waals surface area contributed by atoms with Gasteiger partial charge in [-0.1, -0.05) is 5.16 Å². The highest BCUT2D eigenvalue weighted by Gasteiger charge is 2.16. The van der Waals surface area contributed by atoms with E-state index in [1.165, 1.54) is 0 Å². The van der Waals surface area contributed by atoms with E-state index in [1.54, 1.807) is 7.11 Å². The van der Waals surface area contributed by atoms with Gasteiger partial charge in [-0.2, -0.15) is 4.98 Å². The van der Waals surface area contributed by atoms with Crippen molar-refractivity contribution < 1.29 is 18.8 Å². The highest BCUT2D eigenvalue weighted by atomic mass is 16.5. The topological polar surface area (TPSA) is 86.5 Å². The predicted molar refractivity (Wildman–Crippen MR) is 91.2 cm³/mol. The molecule has 1 amide bonds. The third-order valence-corrected chi connectivity index (χ3v) is 4.22. The van der Waals surface area contributed by atoms with Gasteiger partial charge < -0.3 is 19.3 Å². The van der Waals surface area contributed by atoms with Crippen LogP contribution in [0.5, 0.6) is 5.75 Å². The van der Waals surface area contributed by atoms with Crippen molar-refractivity contribution in [1.82, 2.24) is 15.5 Å². The van der Waals surface area contributed by atoms with Crippen molar-refractivity contribution in [3.63, 3.8) is 0 Å². The van der Waals surface area contributed by atoms with E-state index in [4.69, 9.17) is 14.0 Å². The maximum Gasteiger partial charge on any atom is 0.226 e. The fourth-order valence-corrected chi connectivity index (χ4v) is 2.70. The molecule has 1 aromatic heterocycles. The molecule has 0 bridgehead atoms. The molecule has 2 aromatic rings. The van der Waals surface area contributed by atoms with Crippen LogP contribution in [0.25, 0.3) is 11.4 Å². The third kappa shape index (κ3) is 5.03. The number of methoxy groups -OCH3 is 1. The number of nitrogens with zero attached hydrogens (tertiary/aromatic N) is 2. The zero-order valence-electron chi connectivity index (χ0n) is 14.4. The van der Waals surface area contributed by atoms with Gasteiger partial charge in [0.25, 0.3) is 0 Å². The van der Waals surface area contributed by atoms with Gasteiger partial charge in [0.05, 0.1) is 13.7 Å². The molecule has 1 N–H and O–H groups in total. The van der Waals surface area contributed by atoms with Crippen molar-refractivity contribution in [1.29, 1.82) is 0 Å². The zero-order valence-corrected chi connectivity index (χ0v) is 14.4. The summed E-state index contributed by atoms with van der Waals surface area (Å²) in [6.45, 7) is 2.24. The first-order valence-electron chi connectivity index (χ1n) is 8.56. The first kappa shape index (κ1) is 17.4. The number of amides is 1. The highest BCUT2D eigenvalue weighted by molar-refractivity contribution is 5.75. The van der Waals surface area contributed by atoms with E-state index in [0.29, 0.717) is 43.4 Å². The van der Waals surface area contributed by atoms with Crippen molar-refractivity contribution in [3.8, 4) is 17.1 Å². The lowest BCUT2D eigenvalue weighted by Gasteiger charge is -2.08. The van der Waals surface area contributed by atoms with E-state index in [-0.39, 0.29) is 5.91 Å². The molecule has 1 aliphatic rings. The van der Waals surface area contributed by atoms with Crippen molar-refractivity contribution in [2.45, 2.75) is 25.7 Å². The van der Waals surface area contributed by atoms with Gasteiger partial charge >= 0.3 is 0 Å². The molecule has 1 unspecified atom stereocenters. The number of hydrogen-bond acceptors (Lipinski definition) is 6. The maximum absolute atomic E-state index is 11.8. The van der Waals surface area contributed by atoms with Crippen LogP contribution >= 0.6 is 0 Å². The van der Waals surface area contributed by atoms with Crippen molar-refractivity contribution in [2.75, 3.05) is 26.9 Å². The summed E-state index contributed by atoms with van der Waals surface area (Å²) in [5, 5.41) is 6.94. The Hall–Kier alpha value is -2.41. The molecule has 1 fully saturated rings. The van der Waals surface area contributed by atoms with Gasteiger partial charge in [0.1, 0.15) is 5.75 Å². The van der Waals surface area contributed by atoms with Gasteiger partial charge in [0.15, 0.2) is 0 Å². The molecule has 0 spiro atoms. The Morgan fingerprint density at radius 2 is 2.20 bits per heavy atom. The zero-order chi connectivity index (χ0) is 17.5. The second-order valence-electron chi connectivity index (χ2n) is 6.13. The van der Waals surface area contributed by atoms with Gasteiger partial charge in [0, 0.05) is 37.5 Å². The SMILES string of the molecule is COc1ccc(-c2noc(CCCC(=O)NCC3CCOC3)n2)cc1. The van der Waals surface area contributed by atoms with Crippen molar-refractivity contribution in [2.24, 2.45) is 5.92 Å². The number of aromatic nitrogens is 2. The Bertz CT molecular complexity index is 678. The predicted octanol–water partition coefficient (Wildman–Crippen LogP) is 2.22. The fourth-order valence-electron chi connectivity index (χ4n) is 2.70. The van der Waals surface area contributed by atoms with Crippen LogP contribution in [0.15, 0.2) is 28.8 Å². The Morgan fingerprint density at radius 3 is 2.92 bits per heavy atom. The van der Waals surface area contributed by atoms with Crippen LogP contribution in [0.1, 0.15) is 25.2 Å². The average Bonchev–Trinajstić information content (AvgIpc) is 3.32. The molecule has 25 heavy (non-hydrogen) atoms. The number of carbonyl (C=O) groups is 1. The quantitative estimate of drug-likeness (QED) is 0.789. The lowest BCUT2D eigenvalue weighted by molar-refractivity contribution is -0.121. The van der Waals surface area contributed by atoms with Gasteiger partial charge in [-0.15, -0.1) is 0 Å². The molecule has 1 atom stereocenters. The van der Waals surface area contributed by atoms with Crippen LogP contribution in [0, 0.1) is 5.92 Å². The Labute approximate surface area is 146 Å². The number of nitrogens with one attached hydrogen (secondary N) is 1. The van der Waals surface area contributed by atoms with Crippen LogP contribution in [0.4, 0.5) is 0 Å². The Kier molecular flexibility index (Phi) is 6.00. The van der Waals surface area contributed by atoms with Crippen LogP contribution in [-0.2, 0) is 16.0 Å². The smallest absolute Gasteiger partial charge is 0.226 e. The minimum absolute atomic E-state index is 0.0572. The molecule has 7 heteroatoms. The molecule has 0 saturated carbocycles. The van der Waals surface area contributed by atoms with Crippen molar-refractivity contribution in [3.05, 3.63) is 30.2 Å². The monoisotopic (exact) mass is 345 g/mol. The molecule has 7 nitrogen and oxygen atoms in total. The summed E-state index contributed by atoms with van der Waals surface area (Å²) in [7, 11) is 1.62. The fraction of sp³-hybridized carbons (Fsp3) is 0.500.